The number of ether oxygens (including phenoxy) is 3. The van der Waals surface area contributed by atoms with E-state index in [1.165, 1.54) is 31.3 Å². The normalized spacial score (nSPS) is 19.0. The third kappa shape index (κ3) is 11.2. The topological polar surface area (TPSA) is 168 Å². The zero-order valence-electron chi connectivity index (χ0n) is 40.2. The minimum atomic E-state index is -1.04. The van der Waals surface area contributed by atoms with Crippen molar-refractivity contribution in [2.45, 2.75) is 130 Å². The van der Waals surface area contributed by atoms with Crippen LogP contribution in [0.4, 0.5) is 10.5 Å². The Bertz CT molecular complexity index is 2420. The van der Waals surface area contributed by atoms with Crippen LogP contribution in [0.15, 0.2) is 54.7 Å². The number of hydrazine groups is 1. The summed E-state index contributed by atoms with van der Waals surface area (Å²) in [5.74, 6) is -1.81. The van der Waals surface area contributed by atoms with Gasteiger partial charge in [-0.1, -0.05) is 44.2 Å². The van der Waals surface area contributed by atoms with Crippen LogP contribution in [0.3, 0.4) is 0 Å². The highest BCUT2D eigenvalue weighted by Gasteiger charge is 2.35. The Kier molecular flexibility index (Phi) is 14.8. The molecule has 3 aliphatic rings. The zero-order chi connectivity index (χ0) is 47.5. The molecule has 3 aliphatic heterocycles. The second-order valence-corrected chi connectivity index (χ2v) is 20.0. The predicted molar refractivity (Wildman–Crippen MR) is 255 cm³/mol. The van der Waals surface area contributed by atoms with Crippen LogP contribution in [0, 0.1) is 5.41 Å². The molecule has 66 heavy (non-hydrogen) atoms. The number of pyridine rings is 1. The van der Waals surface area contributed by atoms with Gasteiger partial charge in [0, 0.05) is 81.1 Å². The van der Waals surface area contributed by atoms with Crippen LogP contribution in [0.25, 0.3) is 33.3 Å². The number of piperazine rings is 1. The number of carboxylic acid groups (broad SMARTS) is 1. The van der Waals surface area contributed by atoms with E-state index in [9.17, 15) is 24.3 Å². The van der Waals surface area contributed by atoms with Crippen molar-refractivity contribution in [3.8, 4) is 22.4 Å². The number of anilines is 1. The second kappa shape index (κ2) is 20.2. The number of carboxylic acids is 1. The smallest absolute Gasteiger partial charge is 0.408 e. The fourth-order valence-corrected chi connectivity index (χ4v) is 9.81. The molecule has 0 radical (unpaired) electrons. The van der Waals surface area contributed by atoms with E-state index in [1.807, 2.05) is 37.4 Å². The standard InChI is InChI=1S/C51H69N7O8/c1-10-57-44-19-18-36(35-15-11-14-34(24-35)25-43(53-49(63)66-50(4,5)6)47(60)58-21-13-17-42(54-58)48(61)62)26-39(44)41(28-51(7,8)31-65-33(3)59)46(57)40-27-38(29-52-45(40)32(2)64-9)56-23-22-55-20-12-16-37(55)30-56/h11,14-15,18-19,24,26-27,29,32,37,42-43,54H,10,12-13,16-17,20-23,25,28,30-31H2,1-9H3,(H,53,63)(H,61,62)/t32-,37+,42-,43-/m0/s1. The number of aryl methyl sites for hydroxylation is 1. The molecule has 4 atom stereocenters. The first-order valence-corrected chi connectivity index (χ1v) is 23.5. The summed E-state index contributed by atoms with van der Waals surface area (Å²) in [6, 6.07) is 15.3. The van der Waals surface area contributed by atoms with Gasteiger partial charge in [-0.05, 0) is 114 Å². The van der Waals surface area contributed by atoms with Crippen molar-refractivity contribution in [1.82, 2.24) is 30.2 Å². The third-order valence-electron chi connectivity index (χ3n) is 13.1. The Morgan fingerprint density at radius 3 is 2.44 bits per heavy atom. The van der Waals surface area contributed by atoms with Crippen molar-refractivity contribution in [2.24, 2.45) is 5.41 Å². The maximum Gasteiger partial charge on any atom is 0.408 e. The molecule has 0 bridgehead atoms. The van der Waals surface area contributed by atoms with Gasteiger partial charge in [0.25, 0.3) is 5.91 Å². The Balaban J connectivity index is 1.31. The molecule has 3 fully saturated rings. The van der Waals surface area contributed by atoms with Gasteiger partial charge in [-0.2, -0.15) is 0 Å². The molecule has 15 heteroatoms. The first kappa shape index (κ1) is 48.4. The van der Waals surface area contributed by atoms with Crippen LogP contribution in [-0.4, -0.2) is 119 Å². The Hall–Kier alpha value is -5.51. The van der Waals surface area contributed by atoms with Gasteiger partial charge in [-0.25, -0.2) is 10.2 Å². The van der Waals surface area contributed by atoms with Crippen molar-refractivity contribution in [1.29, 1.82) is 0 Å². The number of hydrogen-bond acceptors (Lipinski definition) is 11. The van der Waals surface area contributed by atoms with Gasteiger partial charge in [-0.15, -0.1) is 0 Å². The number of nitrogens with zero attached hydrogens (tertiary/aromatic N) is 5. The first-order chi connectivity index (χ1) is 31.3. The van der Waals surface area contributed by atoms with Crippen LogP contribution < -0.4 is 15.6 Å². The summed E-state index contributed by atoms with van der Waals surface area (Å²) in [4.78, 5) is 61.5. The number of hydrogen-bond donors (Lipinski definition) is 3. The molecule has 15 nitrogen and oxygen atoms in total. The SMILES string of the molecule is CCn1c(-c2cc(N3CCN4CCC[C@@H]4C3)cnc2[C@H](C)OC)c(CC(C)(C)COC(C)=O)c2cc(-c3cccc(C[C@H](NC(=O)OC(C)(C)C)C(=O)N4CCC[C@@H](C(=O)O)N4)c3)ccc21. The van der Waals surface area contributed by atoms with Gasteiger partial charge in [0.15, 0.2) is 0 Å². The molecule has 2 aromatic heterocycles. The van der Waals surface area contributed by atoms with Gasteiger partial charge >= 0.3 is 18.0 Å². The van der Waals surface area contributed by atoms with E-state index in [1.54, 1.807) is 27.9 Å². The number of aliphatic carboxylic acids is 1. The lowest BCUT2D eigenvalue weighted by molar-refractivity contribution is -0.148. The maximum atomic E-state index is 14.1. The number of aromatic nitrogens is 2. The number of amides is 2. The zero-order valence-corrected chi connectivity index (χ0v) is 40.2. The number of carbonyl (C=O) groups excluding carboxylic acids is 3. The van der Waals surface area contributed by atoms with Crippen LogP contribution in [-0.2, 0) is 48.0 Å². The van der Waals surface area contributed by atoms with Crippen molar-refractivity contribution in [3.63, 3.8) is 0 Å². The quantitative estimate of drug-likeness (QED) is 0.101. The minimum absolute atomic E-state index is 0.135. The second-order valence-electron chi connectivity index (χ2n) is 20.0. The summed E-state index contributed by atoms with van der Waals surface area (Å²) in [7, 11) is 1.72. The van der Waals surface area contributed by atoms with Crippen LogP contribution in [0.5, 0.6) is 0 Å². The van der Waals surface area contributed by atoms with E-state index in [-0.39, 0.29) is 25.1 Å². The molecule has 7 rings (SSSR count). The van der Waals surface area contributed by atoms with Gasteiger partial charge in [0.2, 0.25) is 0 Å². The largest absolute Gasteiger partial charge is 0.480 e. The molecule has 4 aromatic rings. The lowest BCUT2D eigenvalue weighted by atomic mass is 9.84. The molecule has 2 aromatic carbocycles. The molecular formula is C51H69N7O8. The van der Waals surface area contributed by atoms with Crippen LogP contribution in [0.1, 0.15) is 104 Å². The molecule has 356 valence electrons. The molecule has 5 heterocycles. The summed E-state index contributed by atoms with van der Waals surface area (Å²) >= 11 is 0. The summed E-state index contributed by atoms with van der Waals surface area (Å²) in [6.07, 6.45) is 5.05. The maximum absolute atomic E-state index is 14.1. The van der Waals surface area contributed by atoms with Crippen molar-refractivity contribution in [2.75, 3.05) is 51.3 Å². The molecule has 0 aliphatic carbocycles. The number of fused-ring (bicyclic) bond motifs is 2. The van der Waals surface area contributed by atoms with Crippen LogP contribution >= 0.6 is 0 Å². The summed E-state index contributed by atoms with van der Waals surface area (Å²) in [5, 5.41) is 14.9. The van der Waals surface area contributed by atoms with Gasteiger partial charge in [-0.3, -0.25) is 29.3 Å². The molecule has 3 N–H and O–H groups in total. The monoisotopic (exact) mass is 908 g/mol. The average molecular weight is 908 g/mol. The van der Waals surface area contributed by atoms with Gasteiger partial charge < -0.3 is 34.1 Å². The van der Waals surface area contributed by atoms with Crippen molar-refractivity contribution >= 4 is 40.5 Å². The minimum Gasteiger partial charge on any atom is -0.480 e. The highest BCUT2D eigenvalue weighted by atomic mass is 16.6. The molecule has 0 saturated carbocycles. The third-order valence-corrected chi connectivity index (χ3v) is 13.1. The fourth-order valence-electron chi connectivity index (χ4n) is 9.81. The first-order valence-electron chi connectivity index (χ1n) is 23.5. The number of benzene rings is 2. The molecule has 0 unspecified atom stereocenters. The highest BCUT2D eigenvalue weighted by Crippen LogP contribution is 2.43. The predicted octanol–water partition coefficient (Wildman–Crippen LogP) is 7.53. The molecule has 3 saturated heterocycles. The fraction of sp³-hybridized carbons (Fsp3) is 0.549. The Labute approximate surface area is 389 Å². The number of esters is 1. The van der Waals surface area contributed by atoms with E-state index in [2.05, 4.69) is 70.1 Å². The number of methoxy groups -OCH3 is 1. The molecule has 2 amide bonds. The lowest BCUT2D eigenvalue weighted by Gasteiger charge is -2.39. The number of nitrogens with one attached hydrogen (secondary N) is 2. The van der Waals surface area contributed by atoms with E-state index >= 15 is 0 Å². The van der Waals surface area contributed by atoms with E-state index in [0.29, 0.717) is 38.4 Å². The van der Waals surface area contributed by atoms with Crippen molar-refractivity contribution < 1.29 is 38.5 Å². The lowest BCUT2D eigenvalue weighted by Crippen LogP contribution is -2.60. The number of rotatable bonds is 15. The molecule has 0 spiro atoms. The summed E-state index contributed by atoms with van der Waals surface area (Å²) < 4.78 is 19.6. The van der Waals surface area contributed by atoms with E-state index in [4.69, 9.17) is 19.2 Å². The Morgan fingerprint density at radius 2 is 1.73 bits per heavy atom. The summed E-state index contributed by atoms with van der Waals surface area (Å²) in [5.41, 5.74) is 10.5. The van der Waals surface area contributed by atoms with Gasteiger partial charge in [0.05, 0.1) is 36.0 Å². The number of carbonyl (C=O) groups is 4. The number of alkyl carbamates (subject to hydrolysis) is 1. The van der Waals surface area contributed by atoms with Crippen molar-refractivity contribution in [3.05, 3.63) is 71.5 Å². The summed E-state index contributed by atoms with van der Waals surface area (Å²) in [6.45, 7) is 20.5. The van der Waals surface area contributed by atoms with E-state index < -0.39 is 41.1 Å². The van der Waals surface area contributed by atoms with Gasteiger partial charge in [0.1, 0.15) is 17.7 Å². The average Bonchev–Trinajstić information content (AvgIpc) is 3.88. The Morgan fingerprint density at radius 1 is 0.970 bits per heavy atom. The molecular weight excluding hydrogens is 839 g/mol. The highest BCUT2D eigenvalue weighted by molar-refractivity contribution is 5.96. The van der Waals surface area contributed by atoms with E-state index in [0.717, 1.165) is 75.4 Å². The van der Waals surface area contributed by atoms with Crippen LogP contribution in [0.2, 0.25) is 0 Å².